The van der Waals surface area contributed by atoms with Crippen LogP contribution in [0, 0.1) is 5.41 Å². The fourth-order valence-electron chi connectivity index (χ4n) is 3.26. The maximum atomic E-state index is 9.58. The molecule has 1 atom stereocenters. The van der Waals surface area contributed by atoms with Gasteiger partial charge in [-0.1, -0.05) is 0 Å². The van der Waals surface area contributed by atoms with Gasteiger partial charge < -0.3 is 31.3 Å². The molecular weight excluding hydrogens is 384 g/mol. The summed E-state index contributed by atoms with van der Waals surface area (Å²) in [5, 5.41) is 34.3. The lowest BCUT2D eigenvalue weighted by atomic mass is 10.0. The Kier molecular flexibility index (Phi) is 5.36. The highest BCUT2D eigenvalue weighted by Gasteiger charge is 2.21. The minimum Gasteiger partial charge on any atom is -0.504 e. The van der Waals surface area contributed by atoms with Crippen molar-refractivity contribution in [2.24, 2.45) is 0 Å². The Balaban J connectivity index is 1.54. The van der Waals surface area contributed by atoms with Crippen LogP contribution in [0.3, 0.4) is 0 Å². The maximum Gasteiger partial charge on any atom is 0.161 e. The van der Waals surface area contributed by atoms with E-state index in [0.717, 1.165) is 19.5 Å². The van der Waals surface area contributed by atoms with Gasteiger partial charge in [-0.25, -0.2) is 9.97 Å². The van der Waals surface area contributed by atoms with Crippen LogP contribution in [-0.2, 0) is 0 Å². The Labute approximate surface area is 173 Å². The number of nitrogens with zero attached hydrogens (tertiary/aromatic N) is 2. The molecular formula is C21H22N6O3. The number of benzene rings is 2. The maximum absolute atomic E-state index is 9.58. The highest BCUT2D eigenvalue weighted by Crippen LogP contribution is 2.32. The quantitative estimate of drug-likeness (QED) is 0.270. The molecule has 0 aliphatic carbocycles. The van der Waals surface area contributed by atoms with Gasteiger partial charge in [-0.3, -0.25) is 5.41 Å². The molecule has 4 rings (SSSR count). The average molecular weight is 406 g/mol. The fraction of sp³-hybridized carbons (Fsp3) is 0.190. The van der Waals surface area contributed by atoms with E-state index >= 15 is 0 Å². The zero-order valence-corrected chi connectivity index (χ0v) is 16.1. The first-order chi connectivity index (χ1) is 14.5. The summed E-state index contributed by atoms with van der Waals surface area (Å²) in [6.45, 7) is 1.76. The minimum absolute atomic E-state index is 0.204. The molecule has 0 amide bonds. The van der Waals surface area contributed by atoms with Crippen LogP contribution in [0.4, 0.5) is 11.6 Å². The zero-order chi connectivity index (χ0) is 21.1. The third-order valence-electron chi connectivity index (χ3n) is 4.85. The van der Waals surface area contributed by atoms with Gasteiger partial charge in [0.15, 0.2) is 11.5 Å². The van der Waals surface area contributed by atoms with Gasteiger partial charge in [0.2, 0.25) is 0 Å². The number of nitrogen functional groups attached to an aromatic ring is 1. The standard InChI is InChI=1S/C21H22N6O3/c22-19(18-20(23)25-11-26-21(18)27-13-7-8-24-10-13)12-1-3-14(4-2-12)30-15-5-6-16(28)17(29)9-15/h1-6,9,11,13,22,24,28-29H,7-8,10H2,(H3,23,25,26,27). The van der Waals surface area contributed by atoms with Crippen molar-refractivity contribution in [3.8, 4) is 23.0 Å². The Morgan fingerprint density at radius 2 is 1.87 bits per heavy atom. The van der Waals surface area contributed by atoms with Crippen LogP contribution >= 0.6 is 0 Å². The van der Waals surface area contributed by atoms with Crippen molar-refractivity contribution in [3.63, 3.8) is 0 Å². The lowest BCUT2D eigenvalue weighted by Gasteiger charge is -2.17. The molecule has 1 aromatic heterocycles. The molecule has 0 saturated carbocycles. The van der Waals surface area contributed by atoms with E-state index in [2.05, 4.69) is 20.6 Å². The van der Waals surface area contributed by atoms with Crippen molar-refractivity contribution in [1.29, 1.82) is 5.41 Å². The van der Waals surface area contributed by atoms with Crippen LogP contribution in [0.1, 0.15) is 17.5 Å². The second kappa shape index (κ2) is 8.26. The molecule has 1 unspecified atom stereocenters. The lowest BCUT2D eigenvalue weighted by molar-refractivity contribution is 0.398. The molecule has 0 spiro atoms. The molecule has 1 fully saturated rings. The number of hydrogen-bond acceptors (Lipinski definition) is 9. The smallest absolute Gasteiger partial charge is 0.161 e. The number of nitrogens with two attached hydrogens (primary N) is 1. The van der Waals surface area contributed by atoms with Crippen LogP contribution in [0.25, 0.3) is 0 Å². The predicted molar refractivity (Wildman–Crippen MR) is 114 cm³/mol. The third-order valence-corrected chi connectivity index (χ3v) is 4.85. The molecule has 154 valence electrons. The van der Waals surface area contributed by atoms with Crippen molar-refractivity contribution in [2.45, 2.75) is 12.5 Å². The van der Waals surface area contributed by atoms with Gasteiger partial charge in [-0.05, 0) is 49.4 Å². The molecule has 3 aromatic rings. The molecule has 1 aliphatic heterocycles. The number of hydrogen-bond donors (Lipinski definition) is 6. The predicted octanol–water partition coefficient (Wildman–Crippen LogP) is 2.45. The van der Waals surface area contributed by atoms with Gasteiger partial charge in [-0.15, -0.1) is 0 Å². The van der Waals surface area contributed by atoms with Crippen molar-refractivity contribution in [2.75, 3.05) is 24.1 Å². The molecule has 7 N–H and O–H groups in total. The van der Waals surface area contributed by atoms with Crippen LogP contribution in [0.5, 0.6) is 23.0 Å². The SMILES string of the molecule is N=C(c1ccc(Oc2ccc(O)c(O)c2)cc1)c1c(N)ncnc1NC1CCNC1. The third kappa shape index (κ3) is 4.11. The van der Waals surface area contributed by atoms with Crippen LogP contribution in [-0.4, -0.2) is 45.0 Å². The number of rotatable bonds is 6. The molecule has 1 saturated heterocycles. The Bertz CT molecular complexity index is 1060. The minimum atomic E-state index is -0.261. The summed E-state index contributed by atoms with van der Waals surface area (Å²) in [6, 6.07) is 11.3. The van der Waals surface area contributed by atoms with Gasteiger partial charge >= 0.3 is 0 Å². The normalized spacial score (nSPS) is 15.7. The van der Waals surface area contributed by atoms with E-state index < -0.39 is 0 Å². The fourth-order valence-corrected chi connectivity index (χ4v) is 3.26. The van der Waals surface area contributed by atoms with Crippen molar-refractivity contribution in [3.05, 3.63) is 59.9 Å². The van der Waals surface area contributed by atoms with Crippen molar-refractivity contribution in [1.82, 2.24) is 15.3 Å². The first-order valence-electron chi connectivity index (χ1n) is 9.48. The number of nitrogens with one attached hydrogen (secondary N) is 3. The molecule has 9 heteroatoms. The van der Waals surface area contributed by atoms with E-state index in [0.29, 0.717) is 28.4 Å². The van der Waals surface area contributed by atoms with E-state index in [1.54, 1.807) is 30.3 Å². The molecule has 30 heavy (non-hydrogen) atoms. The van der Waals surface area contributed by atoms with Crippen molar-refractivity contribution >= 4 is 17.3 Å². The highest BCUT2D eigenvalue weighted by atomic mass is 16.5. The van der Waals surface area contributed by atoms with Crippen LogP contribution in [0.15, 0.2) is 48.8 Å². The van der Waals surface area contributed by atoms with E-state index in [-0.39, 0.29) is 29.1 Å². The van der Waals surface area contributed by atoms with E-state index in [1.807, 2.05) is 0 Å². The van der Waals surface area contributed by atoms with E-state index in [4.69, 9.17) is 15.9 Å². The van der Waals surface area contributed by atoms with Gasteiger partial charge in [0.05, 0.1) is 11.3 Å². The Hall–Kier alpha value is -3.85. The second-order valence-electron chi connectivity index (χ2n) is 6.97. The number of anilines is 2. The topological polar surface area (TPSA) is 149 Å². The Morgan fingerprint density at radius 1 is 1.10 bits per heavy atom. The largest absolute Gasteiger partial charge is 0.504 e. The average Bonchev–Trinajstić information content (AvgIpc) is 3.24. The summed E-state index contributed by atoms with van der Waals surface area (Å²) in [5.74, 6) is 1.20. The summed E-state index contributed by atoms with van der Waals surface area (Å²) in [7, 11) is 0. The second-order valence-corrected chi connectivity index (χ2v) is 6.97. The van der Waals surface area contributed by atoms with Gasteiger partial charge in [0.1, 0.15) is 29.5 Å². The molecule has 0 radical (unpaired) electrons. The first kappa shape index (κ1) is 19.5. The molecule has 2 heterocycles. The monoisotopic (exact) mass is 406 g/mol. The van der Waals surface area contributed by atoms with Gasteiger partial charge in [0.25, 0.3) is 0 Å². The van der Waals surface area contributed by atoms with Crippen LogP contribution < -0.4 is 21.1 Å². The number of phenols is 2. The van der Waals surface area contributed by atoms with E-state index in [1.165, 1.54) is 18.5 Å². The first-order valence-corrected chi connectivity index (χ1v) is 9.48. The van der Waals surface area contributed by atoms with Gasteiger partial charge in [-0.2, -0.15) is 0 Å². The summed E-state index contributed by atoms with van der Waals surface area (Å²) >= 11 is 0. The molecule has 9 nitrogen and oxygen atoms in total. The van der Waals surface area contributed by atoms with E-state index in [9.17, 15) is 10.2 Å². The number of phenolic OH excluding ortho intramolecular Hbond substituents is 2. The molecule has 0 bridgehead atoms. The number of aromatic nitrogens is 2. The Morgan fingerprint density at radius 3 is 2.57 bits per heavy atom. The molecule has 2 aromatic carbocycles. The number of ether oxygens (including phenoxy) is 1. The summed E-state index contributed by atoms with van der Waals surface area (Å²) < 4.78 is 5.68. The van der Waals surface area contributed by atoms with Crippen LogP contribution in [0.2, 0.25) is 0 Å². The summed E-state index contributed by atoms with van der Waals surface area (Å²) in [5.41, 5.74) is 7.37. The highest BCUT2D eigenvalue weighted by molar-refractivity contribution is 6.16. The number of aromatic hydroxyl groups is 2. The molecule has 1 aliphatic rings. The summed E-state index contributed by atoms with van der Waals surface area (Å²) in [4.78, 5) is 8.35. The lowest BCUT2D eigenvalue weighted by Crippen LogP contribution is -2.25. The van der Waals surface area contributed by atoms with Crippen molar-refractivity contribution < 1.29 is 14.9 Å². The van der Waals surface area contributed by atoms with Gasteiger partial charge in [0, 0.05) is 24.2 Å². The zero-order valence-electron chi connectivity index (χ0n) is 16.1. The summed E-state index contributed by atoms with van der Waals surface area (Å²) in [6.07, 6.45) is 2.36.